The highest BCUT2D eigenvalue weighted by Gasteiger charge is 2.12. The summed E-state index contributed by atoms with van der Waals surface area (Å²) in [5.74, 6) is 1.17. The fourth-order valence-electron chi connectivity index (χ4n) is 2.50. The van der Waals surface area contributed by atoms with Gasteiger partial charge >= 0.3 is 0 Å². The highest BCUT2D eigenvalue weighted by atomic mass is 14.9. The van der Waals surface area contributed by atoms with E-state index in [4.69, 9.17) is 0 Å². The van der Waals surface area contributed by atoms with Crippen molar-refractivity contribution >= 4 is 5.69 Å². The molecular formula is C18H31N. The van der Waals surface area contributed by atoms with E-state index in [2.05, 4.69) is 65.1 Å². The van der Waals surface area contributed by atoms with Crippen molar-refractivity contribution in [1.82, 2.24) is 0 Å². The molecule has 1 nitrogen and oxygen atoms in total. The third kappa shape index (κ3) is 4.56. The number of rotatable bonds is 7. The number of hydrogen-bond donors (Lipinski definition) is 1. The summed E-state index contributed by atoms with van der Waals surface area (Å²) in [4.78, 5) is 0. The standard InChI is InChI=1S/C18H31N/c1-7-9-16(8-2)19-18-11-10-15(13(3)4)12-17(18)14(5)6/h10-14,16,19H,7-9H2,1-6H3. The highest BCUT2D eigenvalue weighted by Crippen LogP contribution is 2.29. The molecule has 1 N–H and O–H groups in total. The van der Waals surface area contributed by atoms with Crippen molar-refractivity contribution in [3.05, 3.63) is 29.3 Å². The van der Waals surface area contributed by atoms with Gasteiger partial charge in [-0.2, -0.15) is 0 Å². The predicted molar refractivity (Wildman–Crippen MR) is 87.2 cm³/mol. The van der Waals surface area contributed by atoms with E-state index in [9.17, 15) is 0 Å². The summed E-state index contributed by atoms with van der Waals surface area (Å²) < 4.78 is 0. The van der Waals surface area contributed by atoms with E-state index in [1.54, 1.807) is 0 Å². The molecule has 108 valence electrons. The zero-order valence-electron chi connectivity index (χ0n) is 13.6. The van der Waals surface area contributed by atoms with E-state index < -0.39 is 0 Å². The third-order valence-corrected chi connectivity index (χ3v) is 3.85. The van der Waals surface area contributed by atoms with Gasteiger partial charge in [0.1, 0.15) is 0 Å². The fraction of sp³-hybridized carbons (Fsp3) is 0.667. The van der Waals surface area contributed by atoms with Crippen molar-refractivity contribution in [2.75, 3.05) is 5.32 Å². The monoisotopic (exact) mass is 261 g/mol. The molecule has 0 aliphatic heterocycles. The minimum Gasteiger partial charge on any atom is -0.382 e. The molecule has 0 aliphatic rings. The van der Waals surface area contributed by atoms with E-state index >= 15 is 0 Å². The fourth-order valence-corrected chi connectivity index (χ4v) is 2.50. The summed E-state index contributed by atoms with van der Waals surface area (Å²) in [7, 11) is 0. The van der Waals surface area contributed by atoms with Crippen LogP contribution in [0, 0.1) is 0 Å². The molecule has 1 unspecified atom stereocenters. The summed E-state index contributed by atoms with van der Waals surface area (Å²) in [6.07, 6.45) is 3.68. The third-order valence-electron chi connectivity index (χ3n) is 3.85. The lowest BCUT2D eigenvalue weighted by Crippen LogP contribution is -2.19. The Morgan fingerprint density at radius 3 is 2.16 bits per heavy atom. The topological polar surface area (TPSA) is 12.0 Å². The molecule has 0 radical (unpaired) electrons. The average Bonchev–Trinajstić information content (AvgIpc) is 2.37. The van der Waals surface area contributed by atoms with E-state index in [-0.39, 0.29) is 0 Å². The Morgan fingerprint density at radius 1 is 1.00 bits per heavy atom. The molecule has 0 spiro atoms. The number of anilines is 1. The molecular weight excluding hydrogens is 230 g/mol. The SMILES string of the molecule is CCCC(CC)Nc1ccc(C(C)C)cc1C(C)C. The van der Waals surface area contributed by atoms with Crippen LogP contribution in [0.2, 0.25) is 0 Å². The molecule has 0 bridgehead atoms. The van der Waals surface area contributed by atoms with Crippen LogP contribution in [0.4, 0.5) is 5.69 Å². The number of hydrogen-bond acceptors (Lipinski definition) is 1. The molecule has 1 rings (SSSR count). The largest absolute Gasteiger partial charge is 0.382 e. The molecule has 1 atom stereocenters. The predicted octanol–water partition coefficient (Wildman–Crippen LogP) is 5.92. The first kappa shape index (κ1) is 16.1. The van der Waals surface area contributed by atoms with Gasteiger partial charge in [-0.3, -0.25) is 0 Å². The molecule has 0 saturated heterocycles. The molecule has 0 saturated carbocycles. The van der Waals surface area contributed by atoms with E-state index in [0.29, 0.717) is 17.9 Å². The van der Waals surface area contributed by atoms with Crippen LogP contribution in [0.15, 0.2) is 18.2 Å². The van der Waals surface area contributed by atoms with E-state index in [1.165, 1.54) is 36.1 Å². The molecule has 1 heteroatoms. The Kier molecular flexibility index (Phi) is 6.41. The Bertz CT molecular complexity index is 379. The minimum atomic E-state index is 0.570. The molecule has 19 heavy (non-hydrogen) atoms. The number of benzene rings is 1. The summed E-state index contributed by atoms with van der Waals surface area (Å²) in [6.45, 7) is 13.6. The van der Waals surface area contributed by atoms with Gasteiger partial charge < -0.3 is 5.32 Å². The van der Waals surface area contributed by atoms with Gasteiger partial charge in [0.15, 0.2) is 0 Å². The van der Waals surface area contributed by atoms with Crippen molar-refractivity contribution in [1.29, 1.82) is 0 Å². The lowest BCUT2D eigenvalue weighted by molar-refractivity contribution is 0.621. The van der Waals surface area contributed by atoms with Crippen LogP contribution in [-0.2, 0) is 0 Å². The molecule has 0 aliphatic carbocycles. The van der Waals surface area contributed by atoms with Gasteiger partial charge in [0.25, 0.3) is 0 Å². The van der Waals surface area contributed by atoms with Crippen molar-refractivity contribution in [3.63, 3.8) is 0 Å². The van der Waals surface area contributed by atoms with Crippen LogP contribution < -0.4 is 5.32 Å². The minimum absolute atomic E-state index is 0.570. The first-order valence-corrected chi connectivity index (χ1v) is 7.89. The van der Waals surface area contributed by atoms with Gasteiger partial charge in [-0.1, -0.05) is 60.1 Å². The summed E-state index contributed by atoms with van der Waals surface area (Å²) >= 11 is 0. The Balaban J connectivity index is 2.99. The summed E-state index contributed by atoms with van der Waals surface area (Å²) in [5.41, 5.74) is 4.23. The van der Waals surface area contributed by atoms with Crippen LogP contribution in [0.5, 0.6) is 0 Å². The van der Waals surface area contributed by atoms with E-state index in [0.717, 1.165) is 0 Å². The van der Waals surface area contributed by atoms with Crippen LogP contribution in [0.1, 0.15) is 83.8 Å². The Morgan fingerprint density at radius 2 is 1.68 bits per heavy atom. The lowest BCUT2D eigenvalue weighted by Gasteiger charge is -2.23. The van der Waals surface area contributed by atoms with Crippen LogP contribution in [0.3, 0.4) is 0 Å². The maximum Gasteiger partial charge on any atom is 0.0377 e. The summed E-state index contributed by atoms with van der Waals surface area (Å²) in [5, 5.41) is 3.75. The maximum atomic E-state index is 3.75. The molecule has 1 aromatic rings. The second-order valence-corrected chi connectivity index (χ2v) is 6.19. The highest BCUT2D eigenvalue weighted by molar-refractivity contribution is 5.55. The van der Waals surface area contributed by atoms with Crippen molar-refractivity contribution in [2.45, 2.75) is 78.7 Å². The Hall–Kier alpha value is -0.980. The average molecular weight is 261 g/mol. The van der Waals surface area contributed by atoms with Gasteiger partial charge in [-0.25, -0.2) is 0 Å². The normalized spacial score (nSPS) is 13.1. The Labute approximate surface area is 119 Å². The van der Waals surface area contributed by atoms with Crippen molar-refractivity contribution < 1.29 is 0 Å². The first-order valence-electron chi connectivity index (χ1n) is 7.89. The molecule has 0 fully saturated rings. The second kappa shape index (κ2) is 7.57. The lowest BCUT2D eigenvalue weighted by atomic mass is 9.93. The van der Waals surface area contributed by atoms with Crippen LogP contribution in [-0.4, -0.2) is 6.04 Å². The van der Waals surface area contributed by atoms with Gasteiger partial charge in [-0.05, 0) is 41.9 Å². The van der Waals surface area contributed by atoms with Crippen molar-refractivity contribution in [3.8, 4) is 0 Å². The van der Waals surface area contributed by atoms with Gasteiger partial charge in [0.2, 0.25) is 0 Å². The zero-order valence-corrected chi connectivity index (χ0v) is 13.6. The van der Waals surface area contributed by atoms with Gasteiger partial charge in [0.05, 0.1) is 0 Å². The zero-order chi connectivity index (χ0) is 14.4. The smallest absolute Gasteiger partial charge is 0.0377 e. The quantitative estimate of drug-likeness (QED) is 0.642. The molecule has 1 aromatic carbocycles. The van der Waals surface area contributed by atoms with Crippen LogP contribution >= 0.6 is 0 Å². The van der Waals surface area contributed by atoms with Crippen molar-refractivity contribution in [2.24, 2.45) is 0 Å². The van der Waals surface area contributed by atoms with Gasteiger partial charge in [-0.15, -0.1) is 0 Å². The molecule has 0 aromatic heterocycles. The summed E-state index contributed by atoms with van der Waals surface area (Å²) in [6, 6.07) is 7.55. The second-order valence-electron chi connectivity index (χ2n) is 6.19. The number of nitrogens with one attached hydrogen (secondary N) is 1. The molecule has 0 heterocycles. The van der Waals surface area contributed by atoms with Gasteiger partial charge in [0, 0.05) is 11.7 Å². The van der Waals surface area contributed by atoms with Crippen LogP contribution in [0.25, 0.3) is 0 Å². The first-order chi connectivity index (χ1) is 8.99. The molecule has 0 amide bonds. The maximum absolute atomic E-state index is 3.75. The van der Waals surface area contributed by atoms with E-state index in [1.807, 2.05) is 0 Å².